The Kier molecular flexibility index (Phi) is 4.06. The van der Waals surface area contributed by atoms with Crippen molar-refractivity contribution in [3.8, 4) is 5.75 Å². The summed E-state index contributed by atoms with van der Waals surface area (Å²) in [5.41, 5.74) is 3.29. The zero-order valence-electron chi connectivity index (χ0n) is 16.1. The number of rotatable bonds is 4. The van der Waals surface area contributed by atoms with E-state index >= 15 is 0 Å². The standard InChI is InChI=1S/C25H20N2O2/c1-29-20-13-14-23-21(15-20)24(28)25(27-23,18-8-3-2-4-9-18)16-19-12-11-17-7-5-6-10-22(17)26-19/h2-15,27H,16H2,1H3. The van der Waals surface area contributed by atoms with Crippen molar-refractivity contribution < 1.29 is 9.53 Å². The van der Waals surface area contributed by atoms with Crippen LogP contribution in [0.15, 0.2) is 84.9 Å². The van der Waals surface area contributed by atoms with Crippen molar-refractivity contribution in [2.24, 2.45) is 0 Å². The summed E-state index contributed by atoms with van der Waals surface area (Å²) in [4.78, 5) is 18.5. The van der Waals surface area contributed by atoms with E-state index in [2.05, 4.69) is 11.4 Å². The van der Waals surface area contributed by atoms with E-state index in [4.69, 9.17) is 9.72 Å². The van der Waals surface area contributed by atoms with E-state index in [1.54, 1.807) is 7.11 Å². The molecule has 1 aliphatic heterocycles. The van der Waals surface area contributed by atoms with E-state index in [9.17, 15) is 4.79 Å². The Labute approximate surface area is 169 Å². The van der Waals surface area contributed by atoms with Crippen LogP contribution in [0.1, 0.15) is 21.6 Å². The predicted octanol–water partition coefficient (Wildman–Crippen LogP) is 4.99. The fourth-order valence-corrected chi connectivity index (χ4v) is 4.09. The molecule has 3 aromatic carbocycles. The van der Waals surface area contributed by atoms with Gasteiger partial charge in [0.1, 0.15) is 11.3 Å². The van der Waals surface area contributed by atoms with E-state index in [-0.39, 0.29) is 5.78 Å². The summed E-state index contributed by atoms with van der Waals surface area (Å²) in [6.07, 6.45) is 0.456. The van der Waals surface area contributed by atoms with E-state index < -0.39 is 5.54 Å². The largest absolute Gasteiger partial charge is 0.497 e. The Bertz CT molecular complexity index is 1220. The number of nitrogens with one attached hydrogen (secondary N) is 1. The van der Waals surface area contributed by atoms with Crippen LogP contribution in [0, 0.1) is 0 Å². The summed E-state index contributed by atoms with van der Waals surface area (Å²) in [5, 5.41) is 4.60. The van der Waals surface area contributed by atoms with E-state index in [0.717, 1.165) is 27.8 Å². The number of anilines is 1. The topological polar surface area (TPSA) is 51.2 Å². The van der Waals surface area contributed by atoms with Crippen LogP contribution in [0.4, 0.5) is 5.69 Å². The van der Waals surface area contributed by atoms with Gasteiger partial charge in [0, 0.05) is 28.8 Å². The number of carbonyl (C=O) groups excluding carboxylic acids is 1. The summed E-state index contributed by atoms with van der Waals surface area (Å²) in [7, 11) is 1.61. The van der Waals surface area contributed by atoms with Crippen LogP contribution in [0.3, 0.4) is 0 Å². The van der Waals surface area contributed by atoms with Crippen LogP contribution in [0.5, 0.6) is 5.75 Å². The molecule has 0 amide bonds. The van der Waals surface area contributed by atoms with Crippen LogP contribution < -0.4 is 10.1 Å². The molecule has 1 aliphatic rings. The highest BCUT2D eigenvalue weighted by Crippen LogP contribution is 2.42. The Morgan fingerprint density at radius 2 is 1.72 bits per heavy atom. The second-order valence-corrected chi connectivity index (χ2v) is 7.31. The first kappa shape index (κ1) is 17.4. The average Bonchev–Trinajstić information content (AvgIpc) is 3.06. The van der Waals surface area contributed by atoms with E-state index in [1.807, 2.05) is 78.9 Å². The van der Waals surface area contributed by atoms with Gasteiger partial charge >= 0.3 is 0 Å². The molecule has 1 atom stereocenters. The molecular formula is C25H20N2O2. The average molecular weight is 380 g/mol. The number of benzene rings is 3. The lowest BCUT2D eigenvalue weighted by atomic mass is 9.81. The fraction of sp³-hybridized carbons (Fsp3) is 0.120. The third-order valence-electron chi connectivity index (χ3n) is 5.58. The van der Waals surface area contributed by atoms with Crippen molar-refractivity contribution in [2.45, 2.75) is 12.0 Å². The molecule has 1 aromatic heterocycles. The van der Waals surface area contributed by atoms with Gasteiger partial charge in [-0.3, -0.25) is 9.78 Å². The lowest BCUT2D eigenvalue weighted by Gasteiger charge is -2.29. The number of hydrogen-bond acceptors (Lipinski definition) is 4. The van der Waals surface area contributed by atoms with E-state index in [1.165, 1.54) is 0 Å². The van der Waals surface area contributed by atoms with Crippen molar-refractivity contribution in [2.75, 3.05) is 12.4 Å². The molecule has 1 unspecified atom stereocenters. The van der Waals surface area contributed by atoms with Crippen molar-refractivity contribution in [1.29, 1.82) is 0 Å². The third-order valence-corrected chi connectivity index (χ3v) is 5.58. The lowest BCUT2D eigenvalue weighted by molar-refractivity contribution is 0.0915. The molecule has 0 saturated heterocycles. The van der Waals surface area contributed by atoms with E-state index in [0.29, 0.717) is 17.7 Å². The number of ketones is 1. The first-order valence-corrected chi connectivity index (χ1v) is 9.61. The maximum Gasteiger partial charge on any atom is 0.195 e. The van der Waals surface area contributed by atoms with Crippen LogP contribution in [0.2, 0.25) is 0 Å². The van der Waals surface area contributed by atoms with Crippen molar-refractivity contribution in [1.82, 2.24) is 4.98 Å². The van der Waals surface area contributed by atoms with Crippen molar-refractivity contribution >= 4 is 22.4 Å². The van der Waals surface area contributed by atoms with Gasteiger partial charge in [-0.1, -0.05) is 54.6 Å². The third kappa shape index (κ3) is 2.85. The van der Waals surface area contributed by atoms with Gasteiger partial charge < -0.3 is 10.1 Å². The number of pyridine rings is 1. The molecule has 5 rings (SSSR count). The minimum absolute atomic E-state index is 0.0348. The van der Waals surface area contributed by atoms with Crippen LogP contribution in [0.25, 0.3) is 10.9 Å². The fourth-order valence-electron chi connectivity index (χ4n) is 4.09. The molecule has 4 heteroatoms. The quantitative estimate of drug-likeness (QED) is 0.542. The number of Topliss-reactive ketones (excluding diaryl/α,β-unsaturated/α-hetero) is 1. The molecular weight excluding hydrogens is 360 g/mol. The first-order chi connectivity index (χ1) is 14.2. The monoisotopic (exact) mass is 380 g/mol. The van der Waals surface area contributed by atoms with Gasteiger partial charge in [-0.15, -0.1) is 0 Å². The number of hydrogen-bond donors (Lipinski definition) is 1. The maximum atomic E-state index is 13.7. The Hall–Kier alpha value is -3.66. The molecule has 4 aromatic rings. The highest BCUT2D eigenvalue weighted by atomic mass is 16.5. The number of methoxy groups -OCH3 is 1. The summed E-state index contributed by atoms with van der Waals surface area (Å²) in [5.74, 6) is 0.708. The number of ether oxygens (including phenoxy) is 1. The Morgan fingerprint density at radius 1 is 0.931 bits per heavy atom. The zero-order chi connectivity index (χ0) is 19.8. The number of para-hydroxylation sites is 1. The van der Waals surface area contributed by atoms with Crippen LogP contribution in [-0.4, -0.2) is 17.9 Å². The normalized spacial score (nSPS) is 17.8. The molecule has 2 heterocycles. The van der Waals surface area contributed by atoms with Gasteiger partial charge in [0.25, 0.3) is 0 Å². The molecule has 0 aliphatic carbocycles. The van der Waals surface area contributed by atoms with Crippen LogP contribution in [-0.2, 0) is 12.0 Å². The molecule has 29 heavy (non-hydrogen) atoms. The summed E-state index contributed by atoms with van der Waals surface area (Å²) in [6, 6.07) is 27.5. The molecule has 0 saturated carbocycles. The predicted molar refractivity (Wildman–Crippen MR) is 115 cm³/mol. The number of fused-ring (bicyclic) bond motifs is 2. The van der Waals surface area contributed by atoms with Gasteiger partial charge in [0.15, 0.2) is 5.78 Å². The number of nitrogens with zero attached hydrogens (tertiary/aromatic N) is 1. The number of carbonyl (C=O) groups is 1. The number of aromatic nitrogens is 1. The zero-order valence-corrected chi connectivity index (χ0v) is 16.1. The molecule has 4 nitrogen and oxygen atoms in total. The molecule has 0 fully saturated rings. The van der Waals surface area contributed by atoms with Crippen LogP contribution >= 0.6 is 0 Å². The van der Waals surface area contributed by atoms with Gasteiger partial charge in [0.2, 0.25) is 0 Å². The Morgan fingerprint density at radius 3 is 2.55 bits per heavy atom. The first-order valence-electron chi connectivity index (χ1n) is 9.61. The molecule has 1 N–H and O–H groups in total. The maximum absolute atomic E-state index is 13.7. The molecule has 0 bridgehead atoms. The van der Waals surface area contributed by atoms with Gasteiger partial charge in [-0.05, 0) is 35.9 Å². The second kappa shape index (κ2) is 6.74. The van der Waals surface area contributed by atoms with Gasteiger partial charge in [0.05, 0.1) is 12.6 Å². The summed E-state index contributed by atoms with van der Waals surface area (Å²) in [6.45, 7) is 0. The minimum Gasteiger partial charge on any atom is -0.497 e. The summed E-state index contributed by atoms with van der Waals surface area (Å²) >= 11 is 0. The second-order valence-electron chi connectivity index (χ2n) is 7.31. The highest BCUT2D eigenvalue weighted by Gasteiger charge is 2.47. The van der Waals surface area contributed by atoms with Crippen molar-refractivity contribution in [3.63, 3.8) is 0 Å². The smallest absolute Gasteiger partial charge is 0.195 e. The minimum atomic E-state index is -0.897. The highest BCUT2D eigenvalue weighted by molar-refractivity contribution is 6.14. The molecule has 0 radical (unpaired) electrons. The SMILES string of the molecule is COc1ccc2c(c1)C(=O)C(Cc1ccc3ccccc3n1)(c1ccccc1)N2. The lowest BCUT2D eigenvalue weighted by Crippen LogP contribution is -2.41. The van der Waals surface area contributed by atoms with Gasteiger partial charge in [-0.2, -0.15) is 0 Å². The van der Waals surface area contributed by atoms with Gasteiger partial charge in [-0.25, -0.2) is 0 Å². The Balaban J connectivity index is 1.63. The molecule has 142 valence electrons. The molecule has 0 spiro atoms. The summed E-state index contributed by atoms with van der Waals surface area (Å²) < 4.78 is 5.34. The van der Waals surface area contributed by atoms with Crippen molar-refractivity contribution in [3.05, 3.63) is 102 Å².